The molecule has 1 saturated heterocycles. The smallest absolute Gasteiger partial charge is 0.151 e. The molecule has 0 aliphatic carbocycles. The van der Waals surface area contributed by atoms with Gasteiger partial charge in [0.2, 0.25) is 0 Å². The van der Waals surface area contributed by atoms with Crippen molar-refractivity contribution in [2.75, 3.05) is 24.6 Å². The maximum atomic E-state index is 10.9. The summed E-state index contributed by atoms with van der Waals surface area (Å²) in [7, 11) is -2.73. The normalized spacial score (nSPS) is 29.0. The third kappa shape index (κ3) is 2.76. The molecule has 1 rings (SSSR count). The third-order valence-corrected chi connectivity index (χ3v) is 3.58. The summed E-state index contributed by atoms with van der Waals surface area (Å²) < 4.78 is 21.9. The topological polar surface area (TPSA) is 72.2 Å². The van der Waals surface area contributed by atoms with Crippen molar-refractivity contribution in [3.05, 3.63) is 0 Å². The van der Waals surface area contributed by atoms with Gasteiger partial charge in [-0.25, -0.2) is 8.42 Å². The van der Waals surface area contributed by atoms with E-state index in [9.17, 15) is 8.42 Å². The molecule has 4 nitrogen and oxygen atoms in total. The number of hydrogen-bond acceptors (Lipinski definition) is 4. The molecule has 5 heteroatoms. The van der Waals surface area contributed by atoms with Crippen LogP contribution in [-0.2, 0) is 9.84 Å². The van der Waals surface area contributed by atoms with Gasteiger partial charge in [-0.05, 0) is 6.42 Å². The lowest BCUT2D eigenvalue weighted by atomic mass is 10.3. The molecule has 0 saturated carbocycles. The maximum Gasteiger partial charge on any atom is 0.151 e. The Labute approximate surface area is 67.1 Å². The highest BCUT2D eigenvalue weighted by Crippen LogP contribution is 2.10. The van der Waals surface area contributed by atoms with Crippen LogP contribution in [0.25, 0.3) is 0 Å². The van der Waals surface area contributed by atoms with Crippen molar-refractivity contribution in [2.24, 2.45) is 5.73 Å². The SMILES string of the molecule is NCCNC1CCS(=O)(=O)C1. The summed E-state index contributed by atoms with van der Waals surface area (Å²) in [5.41, 5.74) is 5.26. The van der Waals surface area contributed by atoms with Crippen molar-refractivity contribution in [1.29, 1.82) is 0 Å². The average Bonchev–Trinajstić information content (AvgIpc) is 2.26. The van der Waals surface area contributed by atoms with E-state index in [4.69, 9.17) is 5.73 Å². The van der Waals surface area contributed by atoms with E-state index in [1.807, 2.05) is 0 Å². The molecule has 0 amide bonds. The first-order chi connectivity index (χ1) is 5.14. The van der Waals surface area contributed by atoms with Crippen LogP contribution >= 0.6 is 0 Å². The quantitative estimate of drug-likeness (QED) is 0.565. The fourth-order valence-corrected chi connectivity index (χ4v) is 2.95. The molecule has 1 fully saturated rings. The minimum atomic E-state index is -2.73. The molecule has 66 valence electrons. The molecular formula is C6H14N2O2S. The predicted octanol–water partition coefficient (Wildman–Crippen LogP) is -1.28. The maximum absolute atomic E-state index is 10.9. The second kappa shape index (κ2) is 3.51. The van der Waals surface area contributed by atoms with E-state index in [1.54, 1.807) is 0 Å². The minimum Gasteiger partial charge on any atom is -0.329 e. The van der Waals surface area contributed by atoms with Crippen LogP contribution in [0.15, 0.2) is 0 Å². The number of sulfone groups is 1. The Hall–Kier alpha value is -0.130. The molecule has 0 radical (unpaired) electrons. The number of hydrogen-bond donors (Lipinski definition) is 2. The lowest BCUT2D eigenvalue weighted by Crippen LogP contribution is -2.33. The van der Waals surface area contributed by atoms with Gasteiger partial charge in [0.05, 0.1) is 11.5 Å². The Morgan fingerprint density at radius 2 is 2.27 bits per heavy atom. The molecule has 1 atom stereocenters. The van der Waals surface area contributed by atoms with Crippen LogP contribution in [0.2, 0.25) is 0 Å². The van der Waals surface area contributed by atoms with E-state index in [2.05, 4.69) is 5.32 Å². The molecular weight excluding hydrogens is 164 g/mol. The summed E-state index contributed by atoms with van der Waals surface area (Å²) >= 11 is 0. The van der Waals surface area contributed by atoms with Gasteiger partial charge in [0.15, 0.2) is 9.84 Å². The van der Waals surface area contributed by atoms with Crippen molar-refractivity contribution in [1.82, 2.24) is 5.32 Å². The van der Waals surface area contributed by atoms with E-state index < -0.39 is 9.84 Å². The first-order valence-electron chi connectivity index (χ1n) is 3.78. The van der Waals surface area contributed by atoms with E-state index in [1.165, 1.54) is 0 Å². The van der Waals surface area contributed by atoms with Gasteiger partial charge in [-0.3, -0.25) is 0 Å². The first-order valence-corrected chi connectivity index (χ1v) is 5.60. The van der Waals surface area contributed by atoms with Crippen molar-refractivity contribution in [3.63, 3.8) is 0 Å². The van der Waals surface area contributed by atoms with Gasteiger partial charge in [0, 0.05) is 19.1 Å². The Morgan fingerprint density at radius 3 is 2.73 bits per heavy atom. The van der Waals surface area contributed by atoms with Gasteiger partial charge >= 0.3 is 0 Å². The molecule has 11 heavy (non-hydrogen) atoms. The van der Waals surface area contributed by atoms with E-state index >= 15 is 0 Å². The van der Waals surface area contributed by atoms with Gasteiger partial charge < -0.3 is 11.1 Å². The van der Waals surface area contributed by atoms with Crippen LogP contribution in [0, 0.1) is 0 Å². The zero-order valence-electron chi connectivity index (χ0n) is 6.41. The summed E-state index contributed by atoms with van der Waals surface area (Å²) in [4.78, 5) is 0. The largest absolute Gasteiger partial charge is 0.329 e. The summed E-state index contributed by atoms with van der Waals surface area (Å²) in [6.07, 6.45) is 0.738. The molecule has 1 unspecified atom stereocenters. The predicted molar refractivity (Wildman–Crippen MR) is 44.1 cm³/mol. The molecule has 0 spiro atoms. The van der Waals surface area contributed by atoms with Crippen molar-refractivity contribution < 1.29 is 8.42 Å². The van der Waals surface area contributed by atoms with Crippen LogP contribution < -0.4 is 11.1 Å². The molecule has 0 bridgehead atoms. The molecule has 0 aromatic heterocycles. The highest BCUT2D eigenvalue weighted by atomic mass is 32.2. The first kappa shape index (κ1) is 8.96. The second-order valence-corrected chi connectivity index (χ2v) is 5.07. The molecule has 3 N–H and O–H groups in total. The Bertz CT molecular complexity index is 213. The van der Waals surface area contributed by atoms with Crippen LogP contribution in [-0.4, -0.2) is 39.1 Å². The minimum absolute atomic E-state index is 0.142. The van der Waals surface area contributed by atoms with Gasteiger partial charge in [-0.15, -0.1) is 0 Å². The summed E-state index contributed by atoms with van der Waals surface area (Å²) in [5.74, 6) is 0.613. The number of rotatable bonds is 3. The summed E-state index contributed by atoms with van der Waals surface area (Å²) in [5, 5.41) is 3.08. The van der Waals surface area contributed by atoms with Gasteiger partial charge in [0.1, 0.15) is 0 Å². The Morgan fingerprint density at radius 1 is 1.55 bits per heavy atom. The van der Waals surface area contributed by atoms with Gasteiger partial charge in [0.25, 0.3) is 0 Å². The molecule has 1 aliphatic heterocycles. The van der Waals surface area contributed by atoms with Crippen LogP contribution in [0.1, 0.15) is 6.42 Å². The van der Waals surface area contributed by atoms with Crippen LogP contribution in [0.4, 0.5) is 0 Å². The average molecular weight is 178 g/mol. The van der Waals surface area contributed by atoms with Crippen LogP contribution in [0.5, 0.6) is 0 Å². The van der Waals surface area contributed by atoms with Crippen molar-refractivity contribution in [2.45, 2.75) is 12.5 Å². The monoisotopic (exact) mass is 178 g/mol. The van der Waals surface area contributed by atoms with Gasteiger partial charge in [-0.2, -0.15) is 0 Å². The van der Waals surface area contributed by atoms with Crippen molar-refractivity contribution in [3.8, 4) is 0 Å². The summed E-state index contributed by atoms with van der Waals surface area (Å²) in [6.45, 7) is 1.27. The van der Waals surface area contributed by atoms with Crippen molar-refractivity contribution >= 4 is 9.84 Å². The van der Waals surface area contributed by atoms with E-state index in [-0.39, 0.29) is 11.8 Å². The van der Waals surface area contributed by atoms with Gasteiger partial charge in [-0.1, -0.05) is 0 Å². The lowest BCUT2D eigenvalue weighted by molar-refractivity contribution is 0.561. The van der Waals surface area contributed by atoms with E-state index in [0.717, 1.165) is 6.42 Å². The fourth-order valence-electron chi connectivity index (χ4n) is 1.24. The second-order valence-electron chi connectivity index (χ2n) is 2.84. The number of nitrogens with one attached hydrogen (secondary N) is 1. The van der Waals surface area contributed by atoms with E-state index in [0.29, 0.717) is 18.8 Å². The summed E-state index contributed by atoms with van der Waals surface area (Å²) in [6, 6.07) is 0.142. The zero-order chi connectivity index (χ0) is 8.32. The zero-order valence-corrected chi connectivity index (χ0v) is 7.23. The van der Waals surface area contributed by atoms with Crippen LogP contribution in [0.3, 0.4) is 0 Å². The molecule has 0 aromatic rings. The molecule has 1 aliphatic rings. The fraction of sp³-hybridized carbons (Fsp3) is 1.00. The molecule has 1 heterocycles. The highest BCUT2D eigenvalue weighted by molar-refractivity contribution is 7.91. The Kier molecular flexibility index (Phi) is 2.86. The third-order valence-electron chi connectivity index (χ3n) is 1.81. The Balaban J connectivity index is 2.31. The lowest BCUT2D eigenvalue weighted by Gasteiger charge is -2.07. The number of nitrogens with two attached hydrogens (primary N) is 1. The standard InChI is InChI=1S/C6H14N2O2S/c7-2-3-8-6-1-4-11(9,10)5-6/h6,8H,1-5,7H2. The highest BCUT2D eigenvalue weighted by Gasteiger charge is 2.26. The molecule has 0 aromatic carbocycles.